The van der Waals surface area contributed by atoms with E-state index < -0.39 is 0 Å². The molecule has 0 amide bonds. The monoisotopic (exact) mass is 227 g/mol. The molecule has 0 spiro atoms. The van der Waals surface area contributed by atoms with Crippen LogP contribution in [0, 0.1) is 5.82 Å². The highest BCUT2D eigenvalue weighted by atomic mass is 19.1. The summed E-state index contributed by atoms with van der Waals surface area (Å²) in [5.74, 6) is -0.230. The van der Waals surface area contributed by atoms with Crippen LogP contribution < -0.4 is 5.32 Å². The summed E-state index contributed by atoms with van der Waals surface area (Å²) >= 11 is 0. The molecule has 0 atom stereocenters. The van der Waals surface area contributed by atoms with Crippen molar-refractivity contribution in [3.05, 3.63) is 72.1 Å². The van der Waals surface area contributed by atoms with E-state index in [0.29, 0.717) is 6.54 Å². The van der Waals surface area contributed by atoms with Crippen LogP contribution in [0.15, 0.2) is 55.1 Å². The maximum Gasteiger partial charge on any atom is 0.125 e. The first-order chi connectivity index (χ1) is 8.29. The predicted octanol–water partition coefficient (Wildman–Crippen LogP) is 4.08. The molecule has 0 aliphatic heterocycles. The average molecular weight is 227 g/mol. The summed E-state index contributed by atoms with van der Waals surface area (Å²) in [5, 5.41) is 3.19. The zero-order chi connectivity index (χ0) is 12.1. The molecule has 17 heavy (non-hydrogen) atoms. The third kappa shape index (κ3) is 2.94. The standard InChI is InChI=1S/C15H14FN/c1-2-12-6-3-4-7-13(12)11-17-15-9-5-8-14(16)10-15/h2-10,17H,1,11H2. The van der Waals surface area contributed by atoms with Crippen molar-refractivity contribution in [1.82, 2.24) is 0 Å². The summed E-state index contributed by atoms with van der Waals surface area (Å²) in [5.41, 5.74) is 3.02. The van der Waals surface area contributed by atoms with Crippen molar-refractivity contribution in [2.24, 2.45) is 0 Å². The van der Waals surface area contributed by atoms with Crippen molar-refractivity contribution in [2.45, 2.75) is 6.54 Å². The molecule has 1 N–H and O–H groups in total. The molecule has 0 aliphatic carbocycles. The second-order valence-corrected chi connectivity index (χ2v) is 3.77. The molecular formula is C15H14FN. The molecule has 0 radical (unpaired) electrons. The zero-order valence-electron chi connectivity index (χ0n) is 9.49. The van der Waals surface area contributed by atoms with E-state index in [-0.39, 0.29) is 5.82 Å². The zero-order valence-corrected chi connectivity index (χ0v) is 9.49. The molecule has 2 rings (SSSR count). The van der Waals surface area contributed by atoms with Crippen LogP contribution in [-0.2, 0) is 6.54 Å². The molecule has 0 heterocycles. The minimum atomic E-state index is -0.230. The van der Waals surface area contributed by atoms with Gasteiger partial charge in [-0.2, -0.15) is 0 Å². The minimum Gasteiger partial charge on any atom is -0.381 e. The van der Waals surface area contributed by atoms with E-state index in [9.17, 15) is 4.39 Å². The van der Waals surface area contributed by atoms with Gasteiger partial charge in [0.25, 0.3) is 0 Å². The molecule has 0 saturated carbocycles. The number of nitrogens with one attached hydrogen (secondary N) is 1. The molecule has 1 nitrogen and oxygen atoms in total. The first kappa shape index (κ1) is 11.4. The van der Waals surface area contributed by atoms with Crippen LogP contribution in [0.4, 0.5) is 10.1 Å². The van der Waals surface area contributed by atoms with Gasteiger partial charge in [-0.1, -0.05) is 43.0 Å². The van der Waals surface area contributed by atoms with Crippen LogP contribution in [-0.4, -0.2) is 0 Å². The Labute approximate surface area is 101 Å². The van der Waals surface area contributed by atoms with Crippen molar-refractivity contribution in [3.63, 3.8) is 0 Å². The third-order valence-electron chi connectivity index (χ3n) is 2.58. The summed E-state index contributed by atoms with van der Waals surface area (Å²) in [4.78, 5) is 0. The first-order valence-electron chi connectivity index (χ1n) is 5.49. The molecule has 0 aromatic heterocycles. The Morgan fingerprint density at radius 1 is 1.12 bits per heavy atom. The second-order valence-electron chi connectivity index (χ2n) is 3.77. The van der Waals surface area contributed by atoms with E-state index in [1.54, 1.807) is 6.07 Å². The highest BCUT2D eigenvalue weighted by molar-refractivity contribution is 5.53. The Kier molecular flexibility index (Phi) is 3.55. The van der Waals surface area contributed by atoms with Gasteiger partial charge in [0.2, 0.25) is 0 Å². The maximum atomic E-state index is 13.0. The van der Waals surface area contributed by atoms with Gasteiger partial charge < -0.3 is 5.32 Å². The fourth-order valence-corrected chi connectivity index (χ4v) is 1.69. The summed E-state index contributed by atoms with van der Waals surface area (Å²) in [6.45, 7) is 4.43. The highest BCUT2D eigenvalue weighted by Gasteiger charge is 1.99. The van der Waals surface area contributed by atoms with Crippen LogP contribution in [0.1, 0.15) is 11.1 Å². The van der Waals surface area contributed by atoms with Crippen molar-refractivity contribution >= 4 is 11.8 Å². The van der Waals surface area contributed by atoms with Gasteiger partial charge in [0.1, 0.15) is 5.82 Å². The average Bonchev–Trinajstić information content (AvgIpc) is 2.37. The lowest BCUT2D eigenvalue weighted by Crippen LogP contribution is -2.01. The summed E-state index contributed by atoms with van der Waals surface area (Å²) in [7, 11) is 0. The Hall–Kier alpha value is -2.09. The van der Waals surface area contributed by atoms with Crippen LogP contribution in [0.3, 0.4) is 0 Å². The molecule has 86 valence electrons. The first-order valence-corrected chi connectivity index (χ1v) is 5.49. The van der Waals surface area contributed by atoms with Crippen LogP contribution in [0.5, 0.6) is 0 Å². The SMILES string of the molecule is C=Cc1ccccc1CNc1cccc(F)c1. The number of halogens is 1. The van der Waals surface area contributed by atoms with E-state index in [0.717, 1.165) is 16.8 Å². The maximum absolute atomic E-state index is 13.0. The lowest BCUT2D eigenvalue weighted by atomic mass is 10.1. The summed E-state index contributed by atoms with van der Waals surface area (Å²) in [6, 6.07) is 14.5. The van der Waals surface area contributed by atoms with Gasteiger partial charge in [0.05, 0.1) is 0 Å². The predicted molar refractivity (Wildman–Crippen MR) is 70.3 cm³/mol. The Morgan fingerprint density at radius 2 is 1.94 bits per heavy atom. The quantitative estimate of drug-likeness (QED) is 0.829. The third-order valence-corrected chi connectivity index (χ3v) is 2.58. The van der Waals surface area contributed by atoms with Gasteiger partial charge in [-0.25, -0.2) is 4.39 Å². The van der Waals surface area contributed by atoms with Crippen LogP contribution >= 0.6 is 0 Å². The summed E-state index contributed by atoms with van der Waals surface area (Å²) in [6.07, 6.45) is 1.82. The van der Waals surface area contributed by atoms with Gasteiger partial charge in [0.15, 0.2) is 0 Å². The molecule has 0 saturated heterocycles. The van der Waals surface area contributed by atoms with E-state index in [4.69, 9.17) is 0 Å². The van der Waals surface area contributed by atoms with Gasteiger partial charge in [-0.05, 0) is 29.3 Å². The Morgan fingerprint density at radius 3 is 2.71 bits per heavy atom. The van der Waals surface area contributed by atoms with Gasteiger partial charge in [0, 0.05) is 12.2 Å². The second kappa shape index (κ2) is 5.30. The number of rotatable bonds is 4. The fourth-order valence-electron chi connectivity index (χ4n) is 1.69. The number of anilines is 1. The number of hydrogen-bond acceptors (Lipinski definition) is 1. The number of hydrogen-bond donors (Lipinski definition) is 1. The molecular weight excluding hydrogens is 213 g/mol. The molecule has 2 heteroatoms. The lowest BCUT2D eigenvalue weighted by Gasteiger charge is -2.09. The molecule has 2 aromatic rings. The van der Waals surface area contributed by atoms with E-state index in [1.165, 1.54) is 12.1 Å². The topological polar surface area (TPSA) is 12.0 Å². The molecule has 0 aliphatic rings. The van der Waals surface area contributed by atoms with Crippen molar-refractivity contribution in [3.8, 4) is 0 Å². The Bertz CT molecular complexity index is 520. The van der Waals surface area contributed by atoms with Gasteiger partial charge in [-0.15, -0.1) is 0 Å². The van der Waals surface area contributed by atoms with E-state index in [2.05, 4.69) is 11.9 Å². The number of benzene rings is 2. The van der Waals surface area contributed by atoms with E-state index >= 15 is 0 Å². The summed E-state index contributed by atoms with van der Waals surface area (Å²) < 4.78 is 13.0. The largest absolute Gasteiger partial charge is 0.381 e. The van der Waals surface area contributed by atoms with Gasteiger partial charge >= 0.3 is 0 Å². The lowest BCUT2D eigenvalue weighted by molar-refractivity contribution is 0.628. The highest BCUT2D eigenvalue weighted by Crippen LogP contribution is 2.14. The van der Waals surface area contributed by atoms with Crippen LogP contribution in [0.25, 0.3) is 6.08 Å². The molecule has 0 unspecified atom stereocenters. The molecule has 2 aromatic carbocycles. The molecule has 0 bridgehead atoms. The molecule has 0 fully saturated rings. The fraction of sp³-hybridized carbons (Fsp3) is 0.0667. The van der Waals surface area contributed by atoms with Crippen molar-refractivity contribution in [2.75, 3.05) is 5.32 Å². The van der Waals surface area contributed by atoms with Gasteiger partial charge in [-0.3, -0.25) is 0 Å². The van der Waals surface area contributed by atoms with Crippen molar-refractivity contribution < 1.29 is 4.39 Å². The normalized spacial score (nSPS) is 9.94. The minimum absolute atomic E-state index is 0.230. The van der Waals surface area contributed by atoms with Crippen LogP contribution in [0.2, 0.25) is 0 Å². The van der Waals surface area contributed by atoms with Crippen molar-refractivity contribution in [1.29, 1.82) is 0 Å². The van der Waals surface area contributed by atoms with E-state index in [1.807, 2.05) is 36.4 Å². The smallest absolute Gasteiger partial charge is 0.125 e. The Balaban J connectivity index is 2.09.